The van der Waals surface area contributed by atoms with Gasteiger partial charge in [0, 0.05) is 24.7 Å². The van der Waals surface area contributed by atoms with Crippen LogP contribution in [0.2, 0.25) is 0 Å². The Labute approximate surface area is 143 Å². The van der Waals surface area contributed by atoms with E-state index in [-0.39, 0.29) is 5.92 Å². The highest BCUT2D eigenvalue weighted by molar-refractivity contribution is 5.84. The predicted octanol–water partition coefficient (Wildman–Crippen LogP) is 3.54. The van der Waals surface area contributed by atoms with Crippen LogP contribution in [0.25, 0.3) is 0 Å². The van der Waals surface area contributed by atoms with Gasteiger partial charge in [0.25, 0.3) is 0 Å². The Morgan fingerprint density at radius 3 is 2.96 bits per heavy atom. The molecule has 4 heteroatoms. The molecule has 1 aromatic carbocycles. The number of rotatable bonds is 2. The number of aromatic amines is 1. The van der Waals surface area contributed by atoms with E-state index in [4.69, 9.17) is 0 Å². The number of fused-ring (bicyclic) bond motifs is 1. The first-order chi connectivity index (χ1) is 11.7. The summed E-state index contributed by atoms with van der Waals surface area (Å²) in [5, 5.41) is 7.45. The molecule has 1 aliphatic carbocycles. The third-order valence-electron chi connectivity index (χ3n) is 5.54. The number of amides is 1. The number of aromatic nitrogens is 2. The third-order valence-corrected chi connectivity index (χ3v) is 5.54. The summed E-state index contributed by atoms with van der Waals surface area (Å²) in [5.74, 6) is 0.736. The number of hydrogen-bond donors (Lipinski definition) is 1. The second-order valence-corrected chi connectivity index (χ2v) is 7.24. The van der Waals surface area contributed by atoms with Gasteiger partial charge in [0.05, 0.1) is 11.6 Å². The largest absolute Gasteiger partial charge is 0.341 e. The van der Waals surface area contributed by atoms with Gasteiger partial charge < -0.3 is 4.90 Å². The summed E-state index contributed by atoms with van der Waals surface area (Å²) >= 11 is 0. The molecule has 0 unspecified atom stereocenters. The molecule has 1 amide bonds. The molecule has 2 aliphatic rings. The van der Waals surface area contributed by atoms with E-state index in [0.29, 0.717) is 11.8 Å². The highest BCUT2D eigenvalue weighted by Crippen LogP contribution is 2.35. The normalized spacial score (nSPS) is 23.8. The van der Waals surface area contributed by atoms with Gasteiger partial charge in [0.1, 0.15) is 0 Å². The van der Waals surface area contributed by atoms with Gasteiger partial charge in [-0.3, -0.25) is 9.89 Å². The minimum atomic E-state index is 0.0506. The van der Waals surface area contributed by atoms with Crippen LogP contribution in [0.5, 0.6) is 0 Å². The summed E-state index contributed by atoms with van der Waals surface area (Å²) < 4.78 is 0. The van der Waals surface area contributed by atoms with Crippen molar-refractivity contribution in [2.24, 2.45) is 0 Å². The number of hydrogen-bond acceptors (Lipinski definition) is 2. The van der Waals surface area contributed by atoms with Crippen molar-refractivity contribution in [2.45, 2.75) is 50.9 Å². The van der Waals surface area contributed by atoms with Crippen molar-refractivity contribution in [3.8, 4) is 0 Å². The molecular formula is C20H25N3O. The first kappa shape index (κ1) is 15.4. The molecule has 4 rings (SSSR count). The van der Waals surface area contributed by atoms with Gasteiger partial charge in [-0.2, -0.15) is 5.10 Å². The number of aryl methyl sites for hydroxylation is 2. The molecule has 2 aromatic rings. The van der Waals surface area contributed by atoms with Gasteiger partial charge >= 0.3 is 0 Å². The third kappa shape index (κ3) is 2.85. The molecule has 1 N–H and O–H groups in total. The van der Waals surface area contributed by atoms with Crippen LogP contribution >= 0.6 is 0 Å². The first-order valence-corrected chi connectivity index (χ1v) is 9.11. The van der Waals surface area contributed by atoms with Gasteiger partial charge in [-0.15, -0.1) is 0 Å². The van der Waals surface area contributed by atoms with Crippen LogP contribution in [0.4, 0.5) is 0 Å². The molecule has 1 aromatic heterocycles. The minimum absolute atomic E-state index is 0.0506. The van der Waals surface area contributed by atoms with E-state index in [1.807, 2.05) is 6.92 Å². The molecule has 0 radical (unpaired) electrons. The summed E-state index contributed by atoms with van der Waals surface area (Å²) in [6.45, 7) is 3.72. The predicted molar refractivity (Wildman–Crippen MR) is 94.0 cm³/mol. The molecule has 24 heavy (non-hydrogen) atoms. The molecule has 2 atom stereocenters. The van der Waals surface area contributed by atoms with Crippen LogP contribution in [0.3, 0.4) is 0 Å². The Morgan fingerprint density at radius 1 is 1.25 bits per heavy atom. The second kappa shape index (κ2) is 6.42. The van der Waals surface area contributed by atoms with E-state index >= 15 is 0 Å². The minimum Gasteiger partial charge on any atom is -0.341 e. The number of carbonyl (C=O) groups is 1. The van der Waals surface area contributed by atoms with Crippen LogP contribution in [0.1, 0.15) is 60.0 Å². The van der Waals surface area contributed by atoms with Crippen molar-refractivity contribution in [3.63, 3.8) is 0 Å². The molecule has 1 fully saturated rings. The molecular weight excluding hydrogens is 298 g/mol. The topological polar surface area (TPSA) is 49.0 Å². The quantitative estimate of drug-likeness (QED) is 0.919. The van der Waals surface area contributed by atoms with Crippen molar-refractivity contribution in [3.05, 3.63) is 52.8 Å². The Bertz CT molecular complexity index is 736. The smallest absolute Gasteiger partial charge is 0.230 e. The van der Waals surface area contributed by atoms with Crippen LogP contribution in [0, 0.1) is 6.92 Å². The van der Waals surface area contributed by atoms with Gasteiger partial charge in [0.15, 0.2) is 0 Å². The molecule has 1 saturated heterocycles. The van der Waals surface area contributed by atoms with Crippen LogP contribution in [-0.4, -0.2) is 34.1 Å². The van der Waals surface area contributed by atoms with E-state index < -0.39 is 0 Å². The van der Waals surface area contributed by atoms with E-state index in [2.05, 4.69) is 45.4 Å². The van der Waals surface area contributed by atoms with Crippen molar-refractivity contribution >= 4 is 5.91 Å². The van der Waals surface area contributed by atoms with Gasteiger partial charge in [-0.05, 0) is 56.2 Å². The molecule has 0 saturated carbocycles. The lowest BCUT2D eigenvalue weighted by molar-refractivity contribution is -0.134. The number of nitrogens with zero attached hydrogens (tertiary/aromatic N) is 2. The lowest BCUT2D eigenvalue weighted by Gasteiger charge is -2.36. The molecule has 0 bridgehead atoms. The molecule has 4 nitrogen and oxygen atoms in total. The van der Waals surface area contributed by atoms with Crippen LogP contribution < -0.4 is 0 Å². The highest BCUT2D eigenvalue weighted by Gasteiger charge is 2.33. The fourth-order valence-corrected chi connectivity index (χ4v) is 4.30. The fraction of sp³-hybridized carbons (Fsp3) is 0.500. The summed E-state index contributed by atoms with van der Waals surface area (Å²) in [6.07, 6.45) is 5.39. The van der Waals surface area contributed by atoms with Crippen LogP contribution in [-0.2, 0) is 11.2 Å². The number of nitrogens with one attached hydrogen (secondary N) is 1. The number of piperidine rings is 1. The van der Waals surface area contributed by atoms with Crippen molar-refractivity contribution < 1.29 is 4.79 Å². The SMILES string of the molecule is Cc1cc([C@@H]2CCCN(C(=O)[C@@H]3CCCc4ccccc43)C2)n[nH]1. The molecule has 2 heterocycles. The average Bonchev–Trinajstić information content (AvgIpc) is 3.07. The zero-order valence-electron chi connectivity index (χ0n) is 14.3. The summed E-state index contributed by atoms with van der Waals surface area (Å²) in [5.41, 5.74) is 4.81. The van der Waals surface area contributed by atoms with Gasteiger partial charge in [-0.1, -0.05) is 24.3 Å². The van der Waals surface area contributed by atoms with E-state index in [1.165, 1.54) is 11.1 Å². The lowest BCUT2D eigenvalue weighted by Crippen LogP contribution is -2.42. The van der Waals surface area contributed by atoms with Gasteiger partial charge in [0.2, 0.25) is 5.91 Å². The zero-order valence-corrected chi connectivity index (χ0v) is 14.3. The fourth-order valence-electron chi connectivity index (χ4n) is 4.30. The van der Waals surface area contributed by atoms with E-state index in [9.17, 15) is 4.79 Å². The zero-order chi connectivity index (χ0) is 16.5. The maximum Gasteiger partial charge on any atom is 0.230 e. The van der Waals surface area contributed by atoms with E-state index in [1.54, 1.807) is 0 Å². The van der Waals surface area contributed by atoms with Crippen molar-refractivity contribution in [2.75, 3.05) is 13.1 Å². The lowest BCUT2D eigenvalue weighted by atomic mass is 9.81. The second-order valence-electron chi connectivity index (χ2n) is 7.24. The monoisotopic (exact) mass is 323 g/mol. The van der Waals surface area contributed by atoms with Gasteiger partial charge in [-0.25, -0.2) is 0 Å². The van der Waals surface area contributed by atoms with E-state index in [0.717, 1.165) is 56.6 Å². The number of benzene rings is 1. The maximum absolute atomic E-state index is 13.2. The molecule has 1 aliphatic heterocycles. The van der Waals surface area contributed by atoms with Crippen molar-refractivity contribution in [1.82, 2.24) is 15.1 Å². The van der Waals surface area contributed by atoms with Crippen molar-refractivity contribution in [1.29, 1.82) is 0 Å². The Morgan fingerprint density at radius 2 is 2.12 bits per heavy atom. The Kier molecular flexibility index (Phi) is 4.13. The molecule has 0 spiro atoms. The maximum atomic E-state index is 13.2. The summed E-state index contributed by atoms with van der Waals surface area (Å²) in [6, 6.07) is 10.6. The Balaban J connectivity index is 1.52. The number of likely N-dealkylation sites (tertiary alicyclic amines) is 1. The number of carbonyl (C=O) groups excluding carboxylic acids is 1. The Hall–Kier alpha value is -2.10. The number of H-pyrrole nitrogens is 1. The highest BCUT2D eigenvalue weighted by atomic mass is 16.2. The average molecular weight is 323 g/mol. The molecule has 126 valence electrons. The standard InChI is InChI=1S/C20H25N3O/c1-14-12-19(22-21-14)16-8-5-11-23(13-16)20(24)18-10-4-7-15-6-2-3-9-17(15)18/h2-3,6,9,12,16,18H,4-5,7-8,10-11,13H2,1H3,(H,21,22)/t16-,18-/m1/s1. The first-order valence-electron chi connectivity index (χ1n) is 9.11. The summed E-state index contributed by atoms with van der Waals surface area (Å²) in [4.78, 5) is 15.3. The summed E-state index contributed by atoms with van der Waals surface area (Å²) in [7, 11) is 0. The van der Waals surface area contributed by atoms with Crippen LogP contribution in [0.15, 0.2) is 30.3 Å².